The van der Waals surface area contributed by atoms with Crippen LogP contribution in [0.5, 0.6) is 0 Å². The molecular formula is C8H5Br2N3. The van der Waals surface area contributed by atoms with E-state index < -0.39 is 0 Å². The number of rotatable bonds is 1. The number of hydrogen-bond acceptors (Lipinski definition) is 2. The molecule has 0 spiro atoms. The molecule has 0 saturated carbocycles. The van der Waals surface area contributed by atoms with Crippen LogP contribution in [0.1, 0.15) is 0 Å². The summed E-state index contributed by atoms with van der Waals surface area (Å²) in [7, 11) is 0. The first kappa shape index (κ1) is 8.90. The van der Waals surface area contributed by atoms with E-state index in [-0.39, 0.29) is 0 Å². The molecule has 13 heavy (non-hydrogen) atoms. The third kappa shape index (κ3) is 1.97. The van der Waals surface area contributed by atoms with Crippen molar-refractivity contribution in [2.45, 2.75) is 0 Å². The predicted molar refractivity (Wildman–Crippen MR) is 56.8 cm³/mol. The largest absolute Gasteiger partial charge is 0.222 e. The van der Waals surface area contributed by atoms with Crippen molar-refractivity contribution in [1.29, 1.82) is 0 Å². The van der Waals surface area contributed by atoms with Gasteiger partial charge in [0.2, 0.25) is 0 Å². The van der Waals surface area contributed by atoms with Gasteiger partial charge in [-0.25, -0.2) is 9.67 Å². The fraction of sp³-hybridized carbons (Fsp3) is 0. The van der Waals surface area contributed by atoms with Crippen molar-refractivity contribution in [2.75, 3.05) is 0 Å². The number of hydrogen-bond donors (Lipinski definition) is 0. The van der Waals surface area contributed by atoms with E-state index in [9.17, 15) is 0 Å². The summed E-state index contributed by atoms with van der Waals surface area (Å²) in [6, 6.07) is 5.69. The van der Waals surface area contributed by atoms with Crippen LogP contribution < -0.4 is 0 Å². The summed E-state index contributed by atoms with van der Waals surface area (Å²) in [5, 5.41) is 4.11. The molecule has 3 nitrogen and oxygen atoms in total. The van der Waals surface area contributed by atoms with Crippen LogP contribution in [0.3, 0.4) is 0 Å². The van der Waals surface area contributed by atoms with Gasteiger partial charge in [-0.15, -0.1) is 0 Å². The van der Waals surface area contributed by atoms with Crippen LogP contribution in [0.15, 0.2) is 39.7 Å². The van der Waals surface area contributed by atoms with Crippen molar-refractivity contribution in [2.24, 2.45) is 0 Å². The maximum atomic E-state index is 4.25. The van der Waals surface area contributed by atoms with Gasteiger partial charge in [0.25, 0.3) is 0 Å². The first-order chi connectivity index (χ1) is 6.25. The Kier molecular flexibility index (Phi) is 2.46. The molecule has 2 rings (SSSR count). The van der Waals surface area contributed by atoms with E-state index in [1.807, 2.05) is 24.4 Å². The summed E-state index contributed by atoms with van der Waals surface area (Å²) in [6.45, 7) is 0. The Hall–Kier alpha value is -0.680. The van der Waals surface area contributed by atoms with E-state index >= 15 is 0 Å². The van der Waals surface area contributed by atoms with E-state index in [1.165, 1.54) is 0 Å². The maximum Gasteiger partial charge on any atom is 0.154 e. The average molecular weight is 303 g/mol. The van der Waals surface area contributed by atoms with Gasteiger partial charge in [0.05, 0.1) is 10.7 Å². The Morgan fingerprint density at radius 2 is 2.08 bits per heavy atom. The molecule has 0 radical (unpaired) electrons. The molecule has 2 aromatic rings. The summed E-state index contributed by atoms with van der Waals surface area (Å²) in [5.74, 6) is 0.792. The number of aromatic nitrogens is 3. The zero-order valence-electron chi connectivity index (χ0n) is 6.48. The minimum Gasteiger partial charge on any atom is -0.222 e. The highest BCUT2D eigenvalue weighted by molar-refractivity contribution is 9.10. The van der Waals surface area contributed by atoms with Gasteiger partial charge < -0.3 is 0 Å². The SMILES string of the molecule is Brc1cnn(-c2cccc(Br)n2)c1. The molecule has 0 aliphatic rings. The van der Waals surface area contributed by atoms with E-state index in [2.05, 4.69) is 41.9 Å². The van der Waals surface area contributed by atoms with Crippen LogP contribution in [0.4, 0.5) is 0 Å². The first-order valence-corrected chi connectivity index (χ1v) is 5.17. The highest BCUT2D eigenvalue weighted by Gasteiger charge is 1.99. The third-order valence-electron chi connectivity index (χ3n) is 1.49. The molecule has 0 unspecified atom stereocenters. The van der Waals surface area contributed by atoms with Crippen molar-refractivity contribution < 1.29 is 0 Å². The van der Waals surface area contributed by atoms with Crippen molar-refractivity contribution in [3.05, 3.63) is 39.7 Å². The summed E-state index contributed by atoms with van der Waals surface area (Å²) in [6.07, 6.45) is 3.58. The molecule has 0 aromatic carbocycles. The molecule has 0 aliphatic carbocycles. The van der Waals surface area contributed by atoms with Crippen LogP contribution in [0.2, 0.25) is 0 Å². The lowest BCUT2D eigenvalue weighted by Crippen LogP contribution is -1.96. The molecule has 0 N–H and O–H groups in total. The molecule has 66 valence electrons. The van der Waals surface area contributed by atoms with Gasteiger partial charge in [-0.1, -0.05) is 6.07 Å². The second kappa shape index (κ2) is 3.59. The topological polar surface area (TPSA) is 30.7 Å². The fourth-order valence-electron chi connectivity index (χ4n) is 0.951. The quantitative estimate of drug-likeness (QED) is 0.759. The van der Waals surface area contributed by atoms with Crippen molar-refractivity contribution in [1.82, 2.24) is 14.8 Å². The lowest BCUT2D eigenvalue weighted by atomic mass is 10.5. The first-order valence-electron chi connectivity index (χ1n) is 3.59. The normalized spacial score (nSPS) is 10.3. The number of halogens is 2. The monoisotopic (exact) mass is 301 g/mol. The van der Waals surface area contributed by atoms with Gasteiger partial charge >= 0.3 is 0 Å². The van der Waals surface area contributed by atoms with Crippen molar-refractivity contribution in [3.63, 3.8) is 0 Å². The van der Waals surface area contributed by atoms with Crippen LogP contribution in [0.25, 0.3) is 5.82 Å². The smallest absolute Gasteiger partial charge is 0.154 e. The molecule has 0 saturated heterocycles. The van der Waals surface area contributed by atoms with Gasteiger partial charge in [-0.3, -0.25) is 0 Å². The van der Waals surface area contributed by atoms with Crippen LogP contribution in [-0.4, -0.2) is 14.8 Å². The number of pyridine rings is 1. The lowest BCUT2D eigenvalue weighted by Gasteiger charge is -1.98. The van der Waals surface area contributed by atoms with Crippen LogP contribution in [-0.2, 0) is 0 Å². The molecule has 0 aliphatic heterocycles. The molecular weight excluding hydrogens is 298 g/mol. The second-order valence-corrected chi connectivity index (χ2v) is 4.15. The van der Waals surface area contributed by atoms with E-state index in [0.717, 1.165) is 14.9 Å². The van der Waals surface area contributed by atoms with Gasteiger partial charge in [0, 0.05) is 6.20 Å². The van der Waals surface area contributed by atoms with Gasteiger partial charge in [0.1, 0.15) is 4.60 Å². The molecule has 2 heterocycles. The van der Waals surface area contributed by atoms with E-state index in [4.69, 9.17) is 0 Å². The van der Waals surface area contributed by atoms with Gasteiger partial charge in [-0.05, 0) is 44.0 Å². The zero-order chi connectivity index (χ0) is 9.26. The summed E-state index contributed by atoms with van der Waals surface area (Å²) >= 11 is 6.63. The maximum absolute atomic E-state index is 4.25. The van der Waals surface area contributed by atoms with Crippen molar-refractivity contribution >= 4 is 31.9 Å². The Balaban J connectivity index is 2.46. The summed E-state index contributed by atoms with van der Waals surface area (Å²) in [4.78, 5) is 4.25. The number of nitrogens with zero attached hydrogens (tertiary/aromatic N) is 3. The highest BCUT2D eigenvalue weighted by Crippen LogP contribution is 2.12. The lowest BCUT2D eigenvalue weighted by molar-refractivity contribution is 0.843. The third-order valence-corrected chi connectivity index (χ3v) is 2.34. The summed E-state index contributed by atoms with van der Waals surface area (Å²) in [5.41, 5.74) is 0. The van der Waals surface area contributed by atoms with Gasteiger partial charge in [0.15, 0.2) is 5.82 Å². The van der Waals surface area contributed by atoms with Crippen LogP contribution >= 0.6 is 31.9 Å². The molecule has 2 aromatic heterocycles. The average Bonchev–Trinajstić information content (AvgIpc) is 2.52. The minimum atomic E-state index is 0.792. The standard InChI is InChI=1S/C8H5Br2N3/c9-6-4-11-13(5-6)8-3-1-2-7(10)12-8/h1-5H. The summed E-state index contributed by atoms with van der Waals surface area (Å²) < 4.78 is 3.44. The molecule has 0 bridgehead atoms. The van der Waals surface area contributed by atoms with E-state index in [0.29, 0.717) is 0 Å². The minimum absolute atomic E-state index is 0.792. The Labute approximate surface area is 92.1 Å². The molecule has 5 heteroatoms. The molecule has 0 atom stereocenters. The zero-order valence-corrected chi connectivity index (χ0v) is 9.66. The predicted octanol–water partition coefficient (Wildman–Crippen LogP) is 2.79. The Bertz CT molecular complexity index is 425. The highest BCUT2D eigenvalue weighted by atomic mass is 79.9. The second-order valence-electron chi connectivity index (χ2n) is 2.42. The fourth-order valence-corrected chi connectivity index (χ4v) is 1.57. The molecule has 0 fully saturated rings. The Morgan fingerprint density at radius 3 is 2.69 bits per heavy atom. The van der Waals surface area contributed by atoms with Gasteiger partial charge in [-0.2, -0.15) is 5.10 Å². The van der Waals surface area contributed by atoms with Crippen LogP contribution in [0, 0.1) is 0 Å². The van der Waals surface area contributed by atoms with Crippen molar-refractivity contribution in [3.8, 4) is 5.82 Å². The van der Waals surface area contributed by atoms with E-state index in [1.54, 1.807) is 10.9 Å². The molecule has 0 amide bonds. The Morgan fingerprint density at radius 1 is 1.23 bits per heavy atom.